The van der Waals surface area contributed by atoms with Crippen LogP contribution in [0.15, 0.2) is 18.2 Å². The number of methoxy groups -OCH3 is 1. The van der Waals surface area contributed by atoms with Gasteiger partial charge in [0.25, 0.3) is 0 Å². The van der Waals surface area contributed by atoms with Gasteiger partial charge in [-0.2, -0.15) is 0 Å². The van der Waals surface area contributed by atoms with Gasteiger partial charge in [0, 0.05) is 12.6 Å². The molecule has 0 radical (unpaired) electrons. The molecule has 20 heavy (non-hydrogen) atoms. The lowest BCUT2D eigenvalue weighted by Gasteiger charge is -2.21. The molecule has 1 heterocycles. The van der Waals surface area contributed by atoms with E-state index in [4.69, 9.17) is 14.6 Å². The SMILES string of the molecule is COc1cccc(OC(C)C)c1C1CC(C(=O)O)CN1. The topological polar surface area (TPSA) is 67.8 Å². The maximum absolute atomic E-state index is 11.1. The van der Waals surface area contributed by atoms with Gasteiger partial charge in [-0.25, -0.2) is 0 Å². The first kappa shape index (κ1) is 14.7. The van der Waals surface area contributed by atoms with Crippen LogP contribution in [0.4, 0.5) is 0 Å². The van der Waals surface area contributed by atoms with Crippen molar-refractivity contribution in [1.82, 2.24) is 5.32 Å². The number of carboxylic acid groups (broad SMARTS) is 1. The van der Waals surface area contributed by atoms with Crippen molar-refractivity contribution in [3.63, 3.8) is 0 Å². The van der Waals surface area contributed by atoms with Crippen molar-refractivity contribution in [2.75, 3.05) is 13.7 Å². The molecule has 2 unspecified atom stereocenters. The van der Waals surface area contributed by atoms with Gasteiger partial charge < -0.3 is 19.9 Å². The van der Waals surface area contributed by atoms with E-state index in [2.05, 4.69) is 5.32 Å². The Hall–Kier alpha value is -1.75. The lowest BCUT2D eigenvalue weighted by Crippen LogP contribution is -2.18. The van der Waals surface area contributed by atoms with Crippen LogP contribution >= 0.6 is 0 Å². The van der Waals surface area contributed by atoms with Crippen molar-refractivity contribution in [1.29, 1.82) is 0 Å². The van der Waals surface area contributed by atoms with Crippen LogP contribution in [0.2, 0.25) is 0 Å². The summed E-state index contributed by atoms with van der Waals surface area (Å²) in [6, 6.07) is 5.59. The van der Waals surface area contributed by atoms with E-state index in [0.717, 1.165) is 17.1 Å². The number of nitrogens with one attached hydrogen (secondary N) is 1. The van der Waals surface area contributed by atoms with Crippen molar-refractivity contribution < 1.29 is 19.4 Å². The molecule has 0 saturated carbocycles. The number of aliphatic carboxylic acids is 1. The summed E-state index contributed by atoms with van der Waals surface area (Å²) in [5.74, 6) is 0.354. The summed E-state index contributed by atoms with van der Waals surface area (Å²) in [4.78, 5) is 11.1. The molecule has 0 aliphatic carbocycles. The van der Waals surface area contributed by atoms with Crippen molar-refractivity contribution in [2.45, 2.75) is 32.4 Å². The van der Waals surface area contributed by atoms with E-state index in [0.29, 0.717) is 13.0 Å². The molecule has 2 rings (SSSR count). The summed E-state index contributed by atoms with van der Waals surface area (Å²) in [5.41, 5.74) is 0.910. The molecule has 1 aliphatic heterocycles. The number of carbonyl (C=O) groups is 1. The Labute approximate surface area is 118 Å². The molecule has 2 N–H and O–H groups in total. The summed E-state index contributed by atoms with van der Waals surface area (Å²) in [5, 5.41) is 12.4. The molecule has 5 heteroatoms. The van der Waals surface area contributed by atoms with Gasteiger partial charge in [0.15, 0.2) is 0 Å². The van der Waals surface area contributed by atoms with E-state index in [1.54, 1.807) is 7.11 Å². The van der Waals surface area contributed by atoms with Gasteiger partial charge in [0.2, 0.25) is 0 Å². The number of benzene rings is 1. The first-order valence-electron chi connectivity index (χ1n) is 6.82. The van der Waals surface area contributed by atoms with Crippen LogP contribution in [-0.4, -0.2) is 30.8 Å². The minimum atomic E-state index is -0.763. The maximum Gasteiger partial charge on any atom is 0.307 e. The average molecular weight is 279 g/mol. The number of hydrogen-bond acceptors (Lipinski definition) is 4. The fourth-order valence-electron chi connectivity index (χ4n) is 2.55. The molecule has 2 atom stereocenters. The average Bonchev–Trinajstić information content (AvgIpc) is 2.87. The monoisotopic (exact) mass is 279 g/mol. The highest BCUT2D eigenvalue weighted by atomic mass is 16.5. The molecule has 0 bridgehead atoms. The van der Waals surface area contributed by atoms with Gasteiger partial charge in [0.05, 0.1) is 24.7 Å². The van der Waals surface area contributed by atoms with Gasteiger partial charge in [-0.15, -0.1) is 0 Å². The van der Waals surface area contributed by atoms with E-state index < -0.39 is 5.97 Å². The van der Waals surface area contributed by atoms with Gasteiger partial charge in [-0.3, -0.25) is 4.79 Å². The van der Waals surface area contributed by atoms with Crippen LogP contribution < -0.4 is 14.8 Å². The zero-order valence-corrected chi connectivity index (χ0v) is 12.1. The zero-order valence-electron chi connectivity index (χ0n) is 12.1. The summed E-state index contributed by atoms with van der Waals surface area (Å²) in [7, 11) is 1.61. The summed E-state index contributed by atoms with van der Waals surface area (Å²) in [6.45, 7) is 4.40. The Morgan fingerprint density at radius 1 is 1.40 bits per heavy atom. The normalized spacial score (nSPS) is 22.0. The first-order valence-corrected chi connectivity index (χ1v) is 6.82. The number of hydrogen-bond donors (Lipinski definition) is 2. The molecule has 1 aromatic carbocycles. The first-order chi connectivity index (χ1) is 9.52. The van der Waals surface area contributed by atoms with E-state index in [9.17, 15) is 4.79 Å². The Morgan fingerprint density at radius 2 is 2.10 bits per heavy atom. The third-order valence-electron chi connectivity index (χ3n) is 3.44. The molecular weight excluding hydrogens is 258 g/mol. The van der Waals surface area contributed by atoms with E-state index in [-0.39, 0.29) is 18.1 Å². The minimum Gasteiger partial charge on any atom is -0.496 e. The van der Waals surface area contributed by atoms with Crippen LogP contribution in [-0.2, 0) is 4.79 Å². The Bertz CT molecular complexity index is 487. The molecular formula is C15H21NO4. The van der Waals surface area contributed by atoms with Crippen LogP contribution in [0, 0.1) is 5.92 Å². The van der Waals surface area contributed by atoms with Gasteiger partial charge >= 0.3 is 5.97 Å². The van der Waals surface area contributed by atoms with Crippen molar-refractivity contribution in [3.8, 4) is 11.5 Å². The Balaban J connectivity index is 2.31. The molecule has 0 spiro atoms. The molecule has 1 aromatic rings. The van der Waals surface area contributed by atoms with Crippen LogP contribution in [0.3, 0.4) is 0 Å². The largest absolute Gasteiger partial charge is 0.496 e. The second-order valence-corrected chi connectivity index (χ2v) is 5.27. The highest BCUT2D eigenvalue weighted by Crippen LogP contribution is 2.39. The third-order valence-corrected chi connectivity index (χ3v) is 3.44. The number of carboxylic acids is 1. The molecule has 1 fully saturated rings. The predicted octanol–water partition coefficient (Wildman–Crippen LogP) is 2.22. The van der Waals surface area contributed by atoms with Gasteiger partial charge in [0.1, 0.15) is 11.5 Å². The van der Waals surface area contributed by atoms with Crippen molar-refractivity contribution in [3.05, 3.63) is 23.8 Å². The highest BCUT2D eigenvalue weighted by molar-refractivity contribution is 5.71. The quantitative estimate of drug-likeness (QED) is 0.865. The standard InChI is InChI=1S/C15H21NO4/c1-9(2)20-13-6-4-5-12(19-3)14(13)11-7-10(8-16-11)15(17)18/h4-6,9-11,16H,7-8H2,1-3H3,(H,17,18). The predicted molar refractivity (Wildman–Crippen MR) is 75.2 cm³/mol. The number of ether oxygens (including phenoxy) is 2. The summed E-state index contributed by atoms with van der Waals surface area (Å²) in [6.07, 6.45) is 0.599. The molecule has 5 nitrogen and oxygen atoms in total. The molecule has 0 amide bonds. The van der Waals surface area contributed by atoms with Crippen molar-refractivity contribution >= 4 is 5.97 Å². The molecule has 1 saturated heterocycles. The lowest BCUT2D eigenvalue weighted by atomic mass is 9.98. The Kier molecular flexibility index (Phi) is 4.49. The second kappa shape index (κ2) is 6.13. The summed E-state index contributed by atoms with van der Waals surface area (Å²) < 4.78 is 11.2. The molecule has 110 valence electrons. The van der Waals surface area contributed by atoms with Gasteiger partial charge in [-0.05, 0) is 32.4 Å². The third kappa shape index (κ3) is 3.04. The van der Waals surface area contributed by atoms with E-state index >= 15 is 0 Å². The summed E-state index contributed by atoms with van der Waals surface area (Å²) >= 11 is 0. The maximum atomic E-state index is 11.1. The molecule has 1 aliphatic rings. The highest BCUT2D eigenvalue weighted by Gasteiger charge is 2.33. The van der Waals surface area contributed by atoms with E-state index in [1.807, 2.05) is 32.0 Å². The number of rotatable bonds is 5. The van der Waals surface area contributed by atoms with Gasteiger partial charge in [-0.1, -0.05) is 6.07 Å². The Morgan fingerprint density at radius 3 is 2.65 bits per heavy atom. The molecule has 0 aromatic heterocycles. The second-order valence-electron chi connectivity index (χ2n) is 5.27. The minimum absolute atomic E-state index is 0.0533. The van der Waals surface area contributed by atoms with E-state index in [1.165, 1.54) is 0 Å². The van der Waals surface area contributed by atoms with Crippen molar-refractivity contribution in [2.24, 2.45) is 5.92 Å². The smallest absolute Gasteiger partial charge is 0.307 e. The zero-order chi connectivity index (χ0) is 14.7. The fraction of sp³-hybridized carbons (Fsp3) is 0.533. The fourth-order valence-corrected chi connectivity index (χ4v) is 2.55. The van der Waals surface area contributed by atoms with Crippen LogP contribution in [0.1, 0.15) is 31.9 Å². The van der Waals surface area contributed by atoms with Crippen LogP contribution in [0.25, 0.3) is 0 Å². The van der Waals surface area contributed by atoms with Crippen LogP contribution in [0.5, 0.6) is 11.5 Å². The lowest BCUT2D eigenvalue weighted by molar-refractivity contribution is -0.141.